The van der Waals surface area contributed by atoms with E-state index in [1.54, 1.807) is 6.20 Å². The lowest BCUT2D eigenvalue weighted by Gasteiger charge is -2.33. The Labute approximate surface area is 132 Å². The number of anilines is 2. The van der Waals surface area contributed by atoms with Crippen molar-refractivity contribution < 1.29 is 4.79 Å². The van der Waals surface area contributed by atoms with Crippen molar-refractivity contribution in [3.05, 3.63) is 18.3 Å². The summed E-state index contributed by atoms with van der Waals surface area (Å²) >= 11 is 0. The topological polar surface area (TPSA) is 48.5 Å². The Morgan fingerprint density at radius 3 is 2.59 bits per heavy atom. The second kappa shape index (κ2) is 7.09. The minimum absolute atomic E-state index is 0.126. The first kappa shape index (κ1) is 15.3. The Kier molecular flexibility index (Phi) is 4.93. The van der Waals surface area contributed by atoms with Crippen LogP contribution in [0.3, 0.4) is 0 Å². The van der Waals surface area contributed by atoms with E-state index in [2.05, 4.69) is 27.1 Å². The molecule has 22 heavy (non-hydrogen) atoms. The number of carbonyl (C=O) groups excluding carboxylic acids is 1. The molecule has 2 heterocycles. The first-order valence-corrected chi connectivity index (χ1v) is 8.40. The second-order valence-electron chi connectivity index (χ2n) is 6.60. The van der Waals surface area contributed by atoms with Crippen molar-refractivity contribution in [1.82, 2.24) is 9.88 Å². The van der Waals surface area contributed by atoms with E-state index < -0.39 is 0 Å². The highest BCUT2D eigenvalue weighted by atomic mass is 16.1. The molecule has 2 aliphatic rings. The fraction of sp³-hybridized carbons (Fsp3) is 0.647. The van der Waals surface area contributed by atoms with Gasteiger partial charge in [0, 0.05) is 32.6 Å². The lowest BCUT2D eigenvalue weighted by molar-refractivity contribution is -0.117. The summed E-state index contributed by atoms with van der Waals surface area (Å²) in [6.07, 6.45) is 7.39. The number of rotatable bonds is 4. The highest BCUT2D eigenvalue weighted by Crippen LogP contribution is 2.27. The van der Waals surface area contributed by atoms with Gasteiger partial charge in [0.2, 0.25) is 5.91 Å². The monoisotopic (exact) mass is 302 g/mol. The molecule has 1 aliphatic heterocycles. The summed E-state index contributed by atoms with van der Waals surface area (Å²) in [7, 11) is 2.15. The Morgan fingerprint density at radius 1 is 1.23 bits per heavy atom. The van der Waals surface area contributed by atoms with E-state index in [1.165, 1.54) is 25.7 Å². The summed E-state index contributed by atoms with van der Waals surface area (Å²) in [5, 5.41) is 2.98. The first-order chi connectivity index (χ1) is 10.7. The fourth-order valence-corrected chi connectivity index (χ4v) is 3.37. The van der Waals surface area contributed by atoms with Gasteiger partial charge in [-0.25, -0.2) is 4.98 Å². The van der Waals surface area contributed by atoms with Gasteiger partial charge in [0.05, 0.1) is 11.9 Å². The van der Waals surface area contributed by atoms with Gasteiger partial charge in [0.15, 0.2) is 0 Å². The molecule has 120 valence electrons. The van der Waals surface area contributed by atoms with Gasteiger partial charge < -0.3 is 15.1 Å². The van der Waals surface area contributed by atoms with E-state index in [0.717, 1.165) is 37.7 Å². The van der Waals surface area contributed by atoms with E-state index in [-0.39, 0.29) is 5.91 Å². The number of piperazine rings is 1. The maximum Gasteiger partial charge on any atom is 0.224 e. The van der Waals surface area contributed by atoms with E-state index in [9.17, 15) is 4.79 Å². The number of nitrogens with zero attached hydrogens (tertiary/aromatic N) is 3. The molecule has 5 heteroatoms. The van der Waals surface area contributed by atoms with Gasteiger partial charge in [-0.3, -0.25) is 4.79 Å². The molecule has 3 rings (SSSR count). The van der Waals surface area contributed by atoms with E-state index in [1.807, 2.05) is 12.1 Å². The zero-order chi connectivity index (χ0) is 15.4. The molecule has 0 radical (unpaired) electrons. The second-order valence-corrected chi connectivity index (χ2v) is 6.60. The number of carbonyl (C=O) groups is 1. The molecule has 0 atom stereocenters. The highest BCUT2D eigenvalue weighted by Gasteiger charge is 2.19. The third-order valence-electron chi connectivity index (χ3n) is 4.81. The molecule has 0 aromatic carbocycles. The van der Waals surface area contributed by atoms with Crippen molar-refractivity contribution in [1.29, 1.82) is 0 Å². The first-order valence-electron chi connectivity index (χ1n) is 8.40. The van der Waals surface area contributed by atoms with Gasteiger partial charge >= 0.3 is 0 Å². The van der Waals surface area contributed by atoms with Crippen molar-refractivity contribution in [3.8, 4) is 0 Å². The quantitative estimate of drug-likeness (QED) is 0.927. The highest BCUT2D eigenvalue weighted by molar-refractivity contribution is 5.90. The lowest BCUT2D eigenvalue weighted by Crippen LogP contribution is -2.44. The molecule has 1 N–H and O–H groups in total. The van der Waals surface area contributed by atoms with E-state index in [0.29, 0.717) is 12.3 Å². The number of likely N-dealkylation sites (N-methyl/N-ethyl adjacent to an activating group) is 1. The average molecular weight is 302 g/mol. The van der Waals surface area contributed by atoms with Crippen LogP contribution in [0.4, 0.5) is 11.5 Å². The lowest BCUT2D eigenvalue weighted by atomic mass is 10.0. The van der Waals surface area contributed by atoms with Crippen LogP contribution in [0.1, 0.15) is 32.1 Å². The normalized spacial score (nSPS) is 20.3. The molecule has 1 saturated carbocycles. The summed E-state index contributed by atoms with van der Waals surface area (Å²) in [6.45, 7) is 4.16. The largest absolute Gasteiger partial charge is 0.354 e. The number of nitrogens with one attached hydrogen (secondary N) is 1. The van der Waals surface area contributed by atoms with Crippen LogP contribution in [0.25, 0.3) is 0 Å². The number of hydrogen-bond donors (Lipinski definition) is 1. The van der Waals surface area contributed by atoms with Gasteiger partial charge in [0.1, 0.15) is 5.82 Å². The minimum atomic E-state index is 0.126. The van der Waals surface area contributed by atoms with Crippen LogP contribution in [0.5, 0.6) is 0 Å². The number of aromatic nitrogens is 1. The molecule has 2 fully saturated rings. The Bertz CT molecular complexity index is 488. The maximum atomic E-state index is 12.0. The number of hydrogen-bond acceptors (Lipinski definition) is 4. The Hall–Kier alpha value is -1.62. The number of pyridine rings is 1. The van der Waals surface area contributed by atoms with Crippen LogP contribution in [-0.2, 0) is 4.79 Å². The van der Waals surface area contributed by atoms with Crippen LogP contribution in [-0.4, -0.2) is 49.0 Å². The summed E-state index contributed by atoms with van der Waals surface area (Å²) in [6, 6.07) is 3.98. The minimum Gasteiger partial charge on any atom is -0.354 e. The third-order valence-corrected chi connectivity index (χ3v) is 4.81. The van der Waals surface area contributed by atoms with Crippen LogP contribution in [0.15, 0.2) is 18.3 Å². The standard InChI is InChI=1S/C17H26N4O/c1-20-8-10-21(11-9-20)16-7-6-15(13-18-16)19-17(22)12-14-4-2-3-5-14/h6-7,13-14H,2-5,8-12H2,1H3,(H,19,22). The van der Waals surface area contributed by atoms with Crippen molar-refractivity contribution in [2.24, 2.45) is 5.92 Å². The van der Waals surface area contributed by atoms with Crippen molar-refractivity contribution in [3.63, 3.8) is 0 Å². The predicted octanol–water partition coefficient (Wildman–Crippen LogP) is 2.35. The Morgan fingerprint density at radius 2 is 1.95 bits per heavy atom. The molecule has 5 nitrogen and oxygen atoms in total. The molecular weight excluding hydrogens is 276 g/mol. The zero-order valence-electron chi connectivity index (χ0n) is 13.4. The van der Waals surface area contributed by atoms with Crippen LogP contribution < -0.4 is 10.2 Å². The molecular formula is C17H26N4O. The van der Waals surface area contributed by atoms with Crippen molar-refractivity contribution in [2.45, 2.75) is 32.1 Å². The van der Waals surface area contributed by atoms with Crippen LogP contribution in [0.2, 0.25) is 0 Å². The molecule has 1 aromatic heterocycles. The van der Waals surface area contributed by atoms with Gasteiger partial charge in [-0.05, 0) is 37.9 Å². The molecule has 1 saturated heterocycles. The molecule has 0 bridgehead atoms. The summed E-state index contributed by atoms with van der Waals surface area (Å²) in [5.74, 6) is 1.71. The smallest absolute Gasteiger partial charge is 0.224 e. The van der Waals surface area contributed by atoms with Crippen LogP contribution in [0, 0.1) is 5.92 Å². The third kappa shape index (κ3) is 3.97. The van der Waals surface area contributed by atoms with Gasteiger partial charge in [-0.15, -0.1) is 0 Å². The molecule has 1 aromatic rings. The van der Waals surface area contributed by atoms with Crippen LogP contribution >= 0.6 is 0 Å². The zero-order valence-corrected chi connectivity index (χ0v) is 13.4. The SMILES string of the molecule is CN1CCN(c2ccc(NC(=O)CC3CCCC3)cn2)CC1. The summed E-state index contributed by atoms with van der Waals surface area (Å²) in [5.41, 5.74) is 0.806. The average Bonchev–Trinajstić information content (AvgIpc) is 3.02. The molecule has 1 aliphatic carbocycles. The van der Waals surface area contributed by atoms with E-state index in [4.69, 9.17) is 0 Å². The molecule has 0 unspecified atom stereocenters. The Balaban J connectivity index is 1.51. The van der Waals surface area contributed by atoms with E-state index >= 15 is 0 Å². The summed E-state index contributed by atoms with van der Waals surface area (Å²) in [4.78, 5) is 21.2. The molecule has 1 amide bonds. The molecule has 0 spiro atoms. The predicted molar refractivity (Wildman–Crippen MR) is 89.2 cm³/mol. The fourth-order valence-electron chi connectivity index (χ4n) is 3.37. The maximum absolute atomic E-state index is 12.0. The summed E-state index contributed by atoms with van der Waals surface area (Å²) < 4.78 is 0. The van der Waals surface area contributed by atoms with Crippen molar-refractivity contribution >= 4 is 17.4 Å². The van der Waals surface area contributed by atoms with Gasteiger partial charge in [-0.2, -0.15) is 0 Å². The van der Waals surface area contributed by atoms with Crippen molar-refractivity contribution in [2.75, 3.05) is 43.4 Å². The van der Waals surface area contributed by atoms with Gasteiger partial charge in [0.25, 0.3) is 0 Å². The van der Waals surface area contributed by atoms with Gasteiger partial charge in [-0.1, -0.05) is 12.8 Å². The number of amides is 1.